The highest BCUT2D eigenvalue weighted by atomic mass is 14.9. The zero-order chi connectivity index (χ0) is 34.9. The van der Waals surface area contributed by atoms with Crippen LogP contribution in [0.25, 0.3) is 88.8 Å². The third-order valence-corrected chi connectivity index (χ3v) is 9.70. The quantitative estimate of drug-likeness (QED) is 0.178. The number of nitrogens with zero attached hydrogens (tertiary/aromatic N) is 3. The first-order valence-corrected chi connectivity index (χ1v) is 17.4. The molecule has 0 N–H and O–H groups in total. The maximum Gasteiger partial charge on any atom is 0.160 e. The van der Waals surface area contributed by atoms with Gasteiger partial charge in [-0.2, -0.15) is 5.26 Å². The predicted molar refractivity (Wildman–Crippen MR) is 214 cm³/mol. The fourth-order valence-electron chi connectivity index (χ4n) is 7.05. The summed E-state index contributed by atoms with van der Waals surface area (Å²) in [6.07, 6.45) is 0. The van der Waals surface area contributed by atoms with Gasteiger partial charge in [0, 0.05) is 16.7 Å². The number of hydrogen-bond donors (Lipinski definition) is 0. The summed E-state index contributed by atoms with van der Waals surface area (Å²) in [6, 6.07) is 67.7. The molecule has 0 saturated carbocycles. The van der Waals surface area contributed by atoms with E-state index < -0.39 is 0 Å². The Morgan fingerprint density at radius 2 is 0.769 bits per heavy atom. The van der Waals surface area contributed by atoms with E-state index in [1.54, 1.807) is 0 Å². The van der Waals surface area contributed by atoms with Gasteiger partial charge in [0.1, 0.15) is 0 Å². The number of aromatic nitrogens is 2. The van der Waals surface area contributed by atoms with E-state index in [2.05, 4.69) is 133 Å². The molecule has 0 aliphatic heterocycles. The Kier molecular flexibility index (Phi) is 7.89. The highest BCUT2D eigenvalue weighted by molar-refractivity contribution is 6.04. The minimum atomic E-state index is 0.655. The molecule has 8 aromatic carbocycles. The van der Waals surface area contributed by atoms with Crippen LogP contribution in [-0.2, 0) is 0 Å². The molecule has 0 radical (unpaired) electrons. The summed E-state index contributed by atoms with van der Waals surface area (Å²) in [7, 11) is 0. The lowest BCUT2D eigenvalue weighted by molar-refractivity contribution is 1.18. The molecule has 0 spiro atoms. The smallest absolute Gasteiger partial charge is 0.160 e. The third kappa shape index (κ3) is 5.89. The normalized spacial score (nSPS) is 11.1. The van der Waals surface area contributed by atoms with Gasteiger partial charge in [-0.3, -0.25) is 0 Å². The van der Waals surface area contributed by atoms with Gasteiger partial charge in [0.05, 0.1) is 23.0 Å². The molecule has 52 heavy (non-hydrogen) atoms. The van der Waals surface area contributed by atoms with Crippen LogP contribution in [0, 0.1) is 11.3 Å². The van der Waals surface area contributed by atoms with Crippen molar-refractivity contribution in [1.29, 1.82) is 5.26 Å². The Balaban J connectivity index is 1.16. The molecule has 0 atom stereocenters. The third-order valence-electron chi connectivity index (χ3n) is 9.70. The van der Waals surface area contributed by atoms with Gasteiger partial charge < -0.3 is 0 Å². The molecule has 1 aromatic heterocycles. The summed E-state index contributed by atoms with van der Waals surface area (Å²) < 4.78 is 0. The Labute approximate surface area is 302 Å². The van der Waals surface area contributed by atoms with Crippen molar-refractivity contribution in [2.24, 2.45) is 0 Å². The topological polar surface area (TPSA) is 49.6 Å². The second-order valence-corrected chi connectivity index (χ2v) is 13.0. The van der Waals surface area contributed by atoms with E-state index in [1.165, 1.54) is 27.1 Å². The highest BCUT2D eigenvalue weighted by Crippen LogP contribution is 2.39. The first kappa shape index (κ1) is 30.9. The van der Waals surface area contributed by atoms with Gasteiger partial charge in [0.2, 0.25) is 0 Å². The molecular weight excluding hydrogens is 631 g/mol. The summed E-state index contributed by atoms with van der Waals surface area (Å²) >= 11 is 0. The molecule has 0 bridgehead atoms. The number of benzene rings is 8. The van der Waals surface area contributed by atoms with Crippen molar-refractivity contribution in [3.63, 3.8) is 0 Å². The predicted octanol–water partition coefficient (Wildman–Crippen LogP) is 12.7. The van der Waals surface area contributed by atoms with Gasteiger partial charge in [0.15, 0.2) is 5.82 Å². The van der Waals surface area contributed by atoms with Gasteiger partial charge >= 0.3 is 0 Å². The lowest BCUT2D eigenvalue weighted by atomic mass is 9.89. The molecule has 3 heteroatoms. The average Bonchev–Trinajstić information content (AvgIpc) is 3.23. The minimum Gasteiger partial charge on any atom is -0.228 e. The van der Waals surface area contributed by atoms with Crippen LogP contribution in [0.4, 0.5) is 0 Å². The van der Waals surface area contributed by atoms with Crippen molar-refractivity contribution < 1.29 is 0 Å². The van der Waals surface area contributed by atoms with Gasteiger partial charge in [0.25, 0.3) is 0 Å². The van der Waals surface area contributed by atoms with Crippen LogP contribution in [0.2, 0.25) is 0 Å². The monoisotopic (exact) mass is 661 g/mol. The molecule has 9 aromatic rings. The van der Waals surface area contributed by atoms with Gasteiger partial charge in [-0.25, -0.2) is 9.97 Å². The fourth-order valence-corrected chi connectivity index (χ4v) is 7.05. The van der Waals surface area contributed by atoms with E-state index in [1.807, 2.05) is 60.7 Å². The maximum atomic E-state index is 9.40. The van der Waals surface area contributed by atoms with Gasteiger partial charge in [-0.05, 0) is 97.4 Å². The van der Waals surface area contributed by atoms with Crippen molar-refractivity contribution in [3.8, 4) is 73.4 Å². The van der Waals surface area contributed by atoms with Crippen LogP contribution in [0.1, 0.15) is 5.56 Å². The van der Waals surface area contributed by atoms with Crippen molar-refractivity contribution in [3.05, 3.63) is 194 Å². The van der Waals surface area contributed by atoms with Crippen molar-refractivity contribution >= 4 is 21.5 Å². The molecule has 0 unspecified atom stereocenters. The molecule has 0 aliphatic carbocycles. The zero-order valence-corrected chi connectivity index (χ0v) is 28.2. The molecule has 0 fully saturated rings. The summed E-state index contributed by atoms with van der Waals surface area (Å²) in [4.78, 5) is 10.0. The number of rotatable bonds is 6. The minimum absolute atomic E-state index is 0.655. The van der Waals surface area contributed by atoms with Crippen molar-refractivity contribution in [1.82, 2.24) is 9.97 Å². The van der Waals surface area contributed by atoms with Crippen LogP contribution in [0.15, 0.2) is 188 Å². The maximum absolute atomic E-state index is 9.40. The summed E-state index contributed by atoms with van der Waals surface area (Å²) in [5.74, 6) is 0.704. The first-order valence-electron chi connectivity index (χ1n) is 17.4. The summed E-state index contributed by atoms with van der Waals surface area (Å²) in [6.45, 7) is 0. The largest absolute Gasteiger partial charge is 0.228 e. The van der Waals surface area contributed by atoms with Crippen molar-refractivity contribution in [2.75, 3.05) is 0 Å². The van der Waals surface area contributed by atoms with E-state index in [9.17, 15) is 5.26 Å². The van der Waals surface area contributed by atoms with Gasteiger partial charge in [-0.1, -0.05) is 146 Å². The second kappa shape index (κ2) is 13.3. The molecule has 3 nitrogen and oxygen atoms in total. The Hall–Kier alpha value is -7.15. The first-order chi connectivity index (χ1) is 25.7. The molecule has 0 aliphatic rings. The Morgan fingerprint density at radius 3 is 1.29 bits per heavy atom. The second-order valence-electron chi connectivity index (χ2n) is 13.0. The SMILES string of the molecule is N#Cc1ccc(-c2cc(-c3cc(-c4ccc(-c5cc(-c6ccccc6)nc(-c6ccccc6)n5)cc4)c4ccccc4c3)cc3ccccc23)cc1. The molecule has 242 valence electrons. The van der Waals surface area contributed by atoms with E-state index in [0.29, 0.717) is 11.4 Å². The Bertz CT molecular complexity index is 2710. The average molecular weight is 662 g/mol. The van der Waals surface area contributed by atoms with Crippen LogP contribution in [-0.4, -0.2) is 9.97 Å². The summed E-state index contributed by atoms with van der Waals surface area (Å²) in [5, 5.41) is 14.1. The van der Waals surface area contributed by atoms with Crippen LogP contribution < -0.4 is 0 Å². The van der Waals surface area contributed by atoms with Crippen LogP contribution in [0.3, 0.4) is 0 Å². The Morgan fingerprint density at radius 1 is 0.346 bits per heavy atom. The molecule has 1 heterocycles. The van der Waals surface area contributed by atoms with Crippen LogP contribution >= 0.6 is 0 Å². The number of nitriles is 1. The van der Waals surface area contributed by atoms with Crippen LogP contribution in [0.5, 0.6) is 0 Å². The lowest BCUT2D eigenvalue weighted by Gasteiger charge is -2.15. The van der Waals surface area contributed by atoms with Gasteiger partial charge in [-0.15, -0.1) is 0 Å². The van der Waals surface area contributed by atoms with E-state index >= 15 is 0 Å². The van der Waals surface area contributed by atoms with Crippen molar-refractivity contribution in [2.45, 2.75) is 0 Å². The molecular formula is C49H31N3. The standard InChI is InChI=1S/C49H31N3/c50-32-33-19-21-34(22-20-33)45-29-41(27-39-15-7-9-17-43(39)45)42-28-40-16-8-10-18-44(40)46(30-42)35-23-25-37(26-24-35)48-31-47(36-11-3-1-4-12-36)51-49(52-48)38-13-5-2-6-14-38/h1-31H. The summed E-state index contributed by atoms with van der Waals surface area (Å²) in [5.41, 5.74) is 12.3. The zero-order valence-electron chi connectivity index (χ0n) is 28.2. The van der Waals surface area contributed by atoms with E-state index in [-0.39, 0.29) is 0 Å². The fraction of sp³-hybridized carbons (Fsp3) is 0. The molecule has 0 saturated heterocycles. The highest BCUT2D eigenvalue weighted by Gasteiger charge is 2.14. The lowest BCUT2D eigenvalue weighted by Crippen LogP contribution is -1.95. The molecule has 0 amide bonds. The van der Waals surface area contributed by atoms with E-state index in [4.69, 9.17) is 9.97 Å². The van der Waals surface area contributed by atoms with E-state index in [0.717, 1.165) is 55.9 Å². The molecule has 9 rings (SSSR count). The number of hydrogen-bond acceptors (Lipinski definition) is 3. The number of fused-ring (bicyclic) bond motifs is 2.